The summed E-state index contributed by atoms with van der Waals surface area (Å²) in [4.78, 5) is 26.0. The van der Waals surface area contributed by atoms with Gasteiger partial charge in [0.15, 0.2) is 5.75 Å². The van der Waals surface area contributed by atoms with Crippen LogP contribution >= 0.6 is 11.3 Å². The minimum Gasteiger partial charge on any atom is -0.455 e. The van der Waals surface area contributed by atoms with Crippen LogP contribution in [0.15, 0.2) is 47.4 Å². The van der Waals surface area contributed by atoms with Crippen LogP contribution in [-0.2, 0) is 16.6 Å². The maximum absolute atomic E-state index is 13.9. The number of aromatic nitrogens is 1. The highest BCUT2D eigenvalue weighted by atomic mass is 32.2. The summed E-state index contributed by atoms with van der Waals surface area (Å²) in [5.41, 5.74) is 1.69. The van der Waals surface area contributed by atoms with Crippen molar-refractivity contribution in [3.05, 3.63) is 80.2 Å². The van der Waals surface area contributed by atoms with E-state index in [9.17, 15) is 27.5 Å². The van der Waals surface area contributed by atoms with Crippen LogP contribution in [0.1, 0.15) is 40.2 Å². The number of halogens is 1. The van der Waals surface area contributed by atoms with Gasteiger partial charge in [0, 0.05) is 18.3 Å². The van der Waals surface area contributed by atoms with Crippen molar-refractivity contribution in [1.82, 2.24) is 9.88 Å². The van der Waals surface area contributed by atoms with Gasteiger partial charge in [0.2, 0.25) is 15.5 Å². The number of fused-ring (bicyclic) bond motifs is 1. The lowest BCUT2D eigenvalue weighted by atomic mass is 10.1. The zero-order valence-electron chi connectivity index (χ0n) is 21.8. The number of hydrogen-bond donors (Lipinski definition) is 3. The molecule has 0 aliphatic heterocycles. The van der Waals surface area contributed by atoms with Crippen LogP contribution in [0.5, 0.6) is 11.5 Å². The Labute approximate surface area is 228 Å². The lowest BCUT2D eigenvalue weighted by molar-refractivity contribution is 0.0960. The first-order chi connectivity index (χ1) is 18.5. The Hall–Kier alpha value is -3.74. The molecule has 0 saturated carbocycles. The van der Waals surface area contributed by atoms with Crippen LogP contribution in [0.4, 0.5) is 10.1 Å². The molecule has 1 amide bonds. The first-order valence-electron chi connectivity index (χ1n) is 12.1. The number of carbonyl (C=O) groups is 1. The predicted octanol–water partition coefficient (Wildman–Crippen LogP) is 4.60. The van der Waals surface area contributed by atoms with Gasteiger partial charge in [-0.2, -0.15) is 0 Å². The SMILES string of the molecule is CCNC(=O)c1cc2c(s1)c(=O)c(CO)cn2-c1cc(NS(=O)(=O)CC)ccc1Oc1c(C)cc(F)cc1C. The summed E-state index contributed by atoms with van der Waals surface area (Å²) in [7, 11) is -3.62. The zero-order valence-corrected chi connectivity index (χ0v) is 23.4. The molecule has 2 aromatic carbocycles. The number of carbonyl (C=O) groups excluding carboxylic acids is 1. The second-order valence-corrected chi connectivity index (χ2v) is 11.9. The molecule has 0 fully saturated rings. The molecule has 0 atom stereocenters. The fourth-order valence-electron chi connectivity index (χ4n) is 4.10. The van der Waals surface area contributed by atoms with Crippen molar-refractivity contribution in [3.8, 4) is 17.2 Å². The topological polar surface area (TPSA) is 127 Å². The Morgan fingerprint density at radius 3 is 2.44 bits per heavy atom. The molecule has 0 aliphatic rings. The third-order valence-corrected chi connectivity index (χ3v) is 8.42. The molecular weight excluding hydrogens is 545 g/mol. The second-order valence-electron chi connectivity index (χ2n) is 8.85. The summed E-state index contributed by atoms with van der Waals surface area (Å²) in [6.07, 6.45) is 1.43. The van der Waals surface area contributed by atoms with Crippen molar-refractivity contribution in [2.24, 2.45) is 0 Å². The number of aryl methyl sites for hydroxylation is 2. The molecule has 0 aliphatic carbocycles. The Balaban J connectivity index is 2.00. The standard InChI is InChI=1S/C27H28FN3O6S2/c1-5-29-27(34)23-12-21-26(38-23)24(33)17(14-32)13-31(21)20-11-19(30-39(35,36)6-2)7-8-22(20)37-25-15(3)9-18(28)10-16(25)4/h7-13,30,32H,5-6,14H2,1-4H3,(H,29,34). The summed E-state index contributed by atoms with van der Waals surface area (Å²) in [5, 5.41) is 12.7. The van der Waals surface area contributed by atoms with Crippen molar-refractivity contribution in [3.63, 3.8) is 0 Å². The molecule has 4 rings (SSSR count). The first-order valence-corrected chi connectivity index (χ1v) is 14.6. The van der Waals surface area contributed by atoms with E-state index in [-0.39, 0.29) is 33.4 Å². The number of ether oxygens (including phenoxy) is 1. The van der Waals surface area contributed by atoms with Gasteiger partial charge < -0.3 is 19.7 Å². The highest BCUT2D eigenvalue weighted by Gasteiger charge is 2.21. The summed E-state index contributed by atoms with van der Waals surface area (Å²) in [5.74, 6) is -0.229. The molecule has 3 N–H and O–H groups in total. The maximum Gasteiger partial charge on any atom is 0.261 e. The normalized spacial score (nSPS) is 11.5. The molecule has 2 aromatic heterocycles. The van der Waals surface area contributed by atoms with E-state index in [2.05, 4.69) is 10.0 Å². The number of benzene rings is 2. The van der Waals surface area contributed by atoms with Gasteiger partial charge in [-0.15, -0.1) is 11.3 Å². The number of amides is 1. The molecular formula is C27H28FN3O6S2. The van der Waals surface area contributed by atoms with Gasteiger partial charge in [0.25, 0.3) is 5.91 Å². The van der Waals surface area contributed by atoms with Crippen molar-refractivity contribution < 1.29 is 27.4 Å². The highest BCUT2D eigenvalue weighted by Crippen LogP contribution is 2.37. The summed E-state index contributed by atoms with van der Waals surface area (Å²) in [6.45, 7) is 6.53. The number of thiophene rings is 1. The highest BCUT2D eigenvalue weighted by molar-refractivity contribution is 7.92. The second kappa shape index (κ2) is 11.2. The quantitative estimate of drug-likeness (QED) is 0.269. The van der Waals surface area contributed by atoms with Crippen LogP contribution in [0.25, 0.3) is 15.9 Å². The third-order valence-electron chi connectivity index (χ3n) is 6.00. The average molecular weight is 574 g/mol. The minimum atomic E-state index is -3.62. The molecule has 0 bridgehead atoms. The third kappa shape index (κ3) is 5.82. The number of aliphatic hydroxyl groups is 1. The van der Waals surface area contributed by atoms with Gasteiger partial charge in [-0.3, -0.25) is 14.3 Å². The number of rotatable bonds is 9. The Kier molecular flexibility index (Phi) is 8.09. The van der Waals surface area contributed by atoms with Gasteiger partial charge in [-0.05, 0) is 75.2 Å². The fraction of sp³-hybridized carbons (Fsp3) is 0.259. The molecule has 2 heterocycles. The lowest BCUT2D eigenvalue weighted by Crippen LogP contribution is -2.21. The van der Waals surface area contributed by atoms with Gasteiger partial charge in [-0.1, -0.05) is 0 Å². The van der Waals surface area contributed by atoms with Crippen LogP contribution < -0.4 is 20.2 Å². The molecule has 0 unspecified atom stereocenters. The number of anilines is 1. The Morgan fingerprint density at radius 2 is 1.82 bits per heavy atom. The molecule has 0 saturated heterocycles. The smallest absolute Gasteiger partial charge is 0.261 e. The van der Waals surface area contributed by atoms with Gasteiger partial charge in [0.1, 0.15) is 11.6 Å². The van der Waals surface area contributed by atoms with Gasteiger partial charge in [-0.25, -0.2) is 12.8 Å². The number of nitrogens with one attached hydrogen (secondary N) is 2. The molecule has 12 heteroatoms. The van der Waals surface area contributed by atoms with Crippen molar-refractivity contribution in [2.75, 3.05) is 17.0 Å². The summed E-state index contributed by atoms with van der Waals surface area (Å²) < 4.78 is 49.1. The monoisotopic (exact) mass is 573 g/mol. The molecule has 4 aromatic rings. The fourth-order valence-corrected chi connectivity index (χ4v) is 5.77. The molecule has 0 spiro atoms. The summed E-state index contributed by atoms with van der Waals surface area (Å²) >= 11 is 0.994. The lowest BCUT2D eigenvalue weighted by Gasteiger charge is -2.19. The number of pyridine rings is 1. The van der Waals surface area contributed by atoms with Crippen LogP contribution in [0, 0.1) is 19.7 Å². The van der Waals surface area contributed by atoms with Crippen LogP contribution in [0.2, 0.25) is 0 Å². The Bertz CT molecular complexity index is 1720. The number of aliphatic hydroxyl groups excluding tert-OH is 1. The number of nitrogens with zero attached hydrogens (tertiary/aromatic N) is 1. The van der Waals surface area contributed by atoms with Crippen LogP contribution in [-0.4, -0.2) is 36.3 Å². The van der Waals surface area contributed by atoms with Gasteiger partial charge in [0.05, 0.1) is 38.8 Å². The molecule has 0 radical (unpaired) electrons. The molecule has 206 valence electrons. The van der Waals surface area contributed by atoms with E-state index in [1.54, 1.807) is 37.5 Å². The number of sulfonamides is 1. The van der Waals surface area contributed by atoms with Crippen molar-refractivity contribution in [1.29, 1.82) is 0 Å². The van der Waals surface area contributed by atoms with Crippen molar-refractivity contribution >= 4 is 43.2 Å². The number of hydrogen-bond acceptors (Lipinski definition) is 7. The van der Waals surface area contributed by atoms with E-state index in [1.807, 2.05) is 0 Å². The Morgan fingerprint density at radius 1 is 1.13 bits per heavy atom. The van der Waals surface area contributed by atoms with E-state index < -0.39 is 27.9 Å². The maximum atomic E-state index is 13.9. The van der Waals surface area contributed by atoms with Crippen molar-refractivity contribution in [2.45, 2.75) is 34.3 Å². The minimum absolute atomic E-state index is 0.0754. The molecule has 39 heavy (non-hydrogen) atoms. The molecule has 9 nitrogen and oxygen atoms in total. The van der Waals surface area contributed by atoms with E-state index in [0.717, 1.165) is 11.3 Å². The summed E-state index contributed by atoms with van der Waals surface area (Å²) in [6, 6.07) is 8.86. The first kappa shape index (κ1) is 28.3. The van der Waals surface area contributed by atoms with E-state index in [4.69, 9.17) is 4.74 Å². The average Bonchev–Trinajstić information content (AvgIpc) is 3.33. The van der Waals surface area contributed by atoms with E-state index in [0.29, 0.717) is 39.5 Å². The van der Waals surface area contributed by atoms with E-state index >= 15 is 0 Å². The van der Waals surface area contributed by atoms with Crippen LogP contribution in [0.3, 0.4) is 0 Å². The van der Waals surface area contributed by atoms with E-state index in [1.165, 1.54) is 37.4 Å². The predicted molar refractivity (Wildman–Crippen MR) is 150 cm³/mol. The largest absolute Gasteiger partial charge is 0.455 e. The zero-order chi connectivity index (χ0) is 28.5. The van der Waals surface area contributed by atoms with Gasteiger partial charge >= 0.3 is 0 Å².